The van der Waals surface area contributed by atoms with Gasteiger partial charge < -0.3 is 15.4 Å². The first-order valence-electron chi connectivity index (χ1n) is 8.54. The van der Waals surface area contributed by atoms with E-state index in [-0.39, 0.29) is 23.0 Å². The molecule has 1 saturated heterocycles. The van der Waals surface area contributed by atoms with Gasteiger partial charge in [0.1, 0.15) is 12.4 Å². The van der Waals surface area contributed by atoms with Crippen LogP contribution >= 0.6 is 0 Å². The molecule has 0 atom stereocenters. The average molecular weight is 330 g/mol. The first-order valence-corrected chi connectivity index (χ1v) is 8.54. The summed E-state index contributed by atoms with van der Waals surface area (Å²) in [5.74, 6) is 0.721. The van der Waals surface area contributed by atoms with Crippen molar-refractivity contribution in [2.24, 2.45) is 0 Å². The van der Waals surface area contributed by atoms with E-state index in [1.807, 2.05) is 19.1 Å². The van der Waals surface area contributed by atoms with Gasteiger partial charge in [0.05, 0.1) is 0 Å². The Kier molecular flexibility index (Phi) is 5.38. The third kappa shape index (κ3) is 5.38. The molecule has 24 heavy (non-hydrogen) atoms. The minimum absolute atomic E-state index is 0.0138. The van der Waals surface area contributed by atoms with Crippen LogP contribution in [0.25, 0.3) is 0 Å². The van der Waals surface area contributed by atoms with Gasteiger partial charge >= 0.3 is 0 Å². The molecule has 2 N–H and O–H groups in total. The predicted molar refractivity (Wildman–Crippen MR) is 98.5 cm³/mol. The molecule has 0 unspecified atom stereocenters. The van der Waals surface area contributed by atoms with E-state index < -0.39 is 0 Å². The van der Waals surface area contributed by atoms with Gasteiger partial charge in [0, 0.05) is 22.7 Å². The van der Waals surface area contributed by atoms with Crippen molar-refractivity contribution >= 4 is 5.91 Å². The van der Waals surface area contributed by atoms with Crippen LogP contribution in [0.15, 0.2) is 36.4 Å². The number of ether oxygens (including phenoxy) is 1. The minimum Gasteiger partial charge on any atom is -0.489 e. The van der Waals surface area contributed by atoms with Gasteiger partial charge in [-0.2, -0.15) is 0 Å². The molecule has 1 aliphatic heterocycles. The minimum atomic E-state index is -0.0278. The Morgan fingerprint density at radius 2 is 1.75 bits per heavy atom. The highest BCUT2D eigenvalue weighted by molar-refractivity contribution is 5.94. The maximum atomic E-state index is 12.5. The maximum Gasteiger partial charge on any atom is 0.251 e. The molecule has 1 aromatic rings. The number of hydrogen-bond donors (Lipinski definition) is 2. The fraction of sp³-hybridized carbons (Fsp3) is 0.550. The van der Waals surface area contributed by atoms with Crippen molar-refractivity contribution in [3.63, 3.8) is 0 Å². The van der Waals surface area contributed by atoms with Crippen molar-refractivity contribution < 1.29 is 9.53 Å². The number of amides is 1. The molecular weight excluding hydrogens is 300 g/mol. The summed E-state index contributed by atoms with van der Waals surface area (Å²) in [5, 5.41) is 6.81. The maximum absolute atomic E-state index is 12.5. The van der Waals surface area contributed by atoms with E-state index in [0.717, 1.165) is 24.2 Å². The molecule has 0 aliphatic carbocycles. The lowest BCUT2D eigenvalue weighted by atomic mass is 9.79. The van der Waals surface area contributed by atoms with Crippen molar-refractivity contribution in [3.05, 3.63) is 42.0 Å². The zero-order chi connectivity index (χ0) is 18.0. The largest absolute Gasteiger partial charge is 0.489 e. The second-order valence-electron chi connectivity index (χ2n) is 8.24. The van der Waals surface area contributed by atoms with Crippen LogP contribution in [0.1, 0.15) is 57.8 Å². The van der Waals surface area contributed by atoms with Crippen LogP contribution in [0.2, 0.25) is 0 Å². The number of carbonyl (C=O) groups excluding carboxylic acids is 1. The summed E-state index contributed by atoms with van der Waals surface area (Å²) in [6.07, 6.45) is 1.84. The molecule has 132 valence electrons. The van der Waals surface area contributed by atoms with Gasteiger partial charge in [-0.15, -0.1) is 0 Å². The molecule has 0 radical (unpaired) electrons. The summed E-state index contributed by atoms with van der Waals surface area (Å²) in [6.45, 7) is 14.9. The number of nitrogens with one attached hydrogen (secondary N) is 2. The number of rotatable bonds is 5. The van der Waals surface area contributed by atoms with Gasteiger partial charge in [-0.3, -0.25) is 4.79 Å². The summed E-state index contributed by atoms with van der Waals surface area (Å²) < 4.78 is 5.57. The van der Waals surface area contributed by atoms with Crippen molar-refractivity contribution in [3.8, 4) is 5.75 Å². The monoisotopic (exact) mass is 330 g/mol. The fourth-order valence-corrected chi connectivity index (χ4v) is 3.60. The first kappa shape index (κ1) is 18.5. The average Bonchev–Trinajstić information content (AvgIpc) is 2.42. The Balaban J connectivity index is 1.98. The Morgan fingerprint density at radius 3 is 2.25 bits per heavy atom. The zero-order valence-corrected chi connectivity index (χ0v) is 15.5. The normalized spacial score (nSPS) is 19.5. The van der Waals surface area contributed by atoms with E-state index >= 15 is 0 Å². The molecule has 4 nitrogen and oxygen atoms in total. The molecule has 1 aromatic carbocycles. The van der Waals surface area contributed by atoms with Gasteiger partial charge in [-0.05, 0) is 77.3 Å². The van der Waals surface area contributed by atoms with E-state index in [1.165, 1.54) is 0 Å². The number of carbonyl (C=O) groups is 1. The standard InChI is InChI=1S/C20H30N2O2/c1-14(2)13-24-17-9-7-15(8-10-17)18(23)21-16-11-19(3,4)22-20(5,6)12-16/h7-10,16,22H,1,11-13H2,2-6H3,(H,21,23). The lowest BCUT2D eigenvalue weighted by Crippen LogP contribution is -2.62. The highest BCUT2D eigenvalue weighted by atomic mass is 16.5. The Morgan fingerprint density at radius 1 is 1.21 bits per heavy atom. The van der Waals surface area contributed by atoms with Crippen molar-refractivity contribution in [2.75, 3.05) is 6.61 Å². The summed E-state index contributed by atoms with van der Waals surface area (Å²) in [4.78, 5) is 12.5. The number of benzene rings is 1. The second kappa shape index (κ2) is 6.98. The van der Waals surface area contributed by atoms with Crippen molar-refractivity contribution in [1.82, 2.24) is 10.6 Å². The van der Waals surface area contributed by atoms with Crippen LogP contribution in [0.3, 0.4) is 0 Å². The number of hydrogen-bond acceptors (Lipinski definition) is 3. The Labute approximate surface area is 145 Å². The van der Waals surface area contributed by atoms with Crippen molar-refractivity contribution in [1.29, 1.82) is 0 Å². The molecule has 0 saturated carbocycles. The van der Waals surface area contributed by atoms with E-state index in [0.29, 0.717) is 12.2 Å². The molecule has 0 bridgehead atoms. The third-order valence-corrected chi connectivity index (χ3v) is 4.13. The topological polar surface area (TPSA) is 50.4 Å². The summed E-state index contributed by atoms with van der Waals surface area (Å²) in [6, 6.07) is 7.44. The Hall–Kier alpha value is -1.81. The van der Waals surface area contributed by atoms with E-state index in [9.17, 15) is 4.79 Å². The molecule has 1 heterocycles. The lowest BCUT2D eigenvalue weighted by molar-refractivity contribution is 0.0873. The van der Waals surface area contributed by atoms with Crippen molar-refractivity contribution in [2.45, 2.75) is 64.6 Å². The molecule has 1 fully saturated rings. The van der Waals surface area contributed by atoms with Gasteiger partial charge in [0.2, 0.25) is 0 Å². The second-order valence-corrected chi connectivity index (χ2v) is 8.24. The van der Waals surface area contributed by atoms with E-state index in [2.05, 4.69) is 44.9 Å². The SMILES string of the molecule is C=C(C)COc1ccc(C(=O)NC2CC(C)(C)NC(C)(C)C2)cc1. The van der Waals surface area contributed by atoms with Crippen LogP contribution in [-0.2, 0) is 0 Å². The van der Waals surface area contributed by atoms with Gasteiger partial charge in [-0.25, -0.2) is 0 Å². The summed E-state index contributed by atoms with van der Waals surface area (Å²) in [5.41, 5.74) is 1.65. The third-order valence-electron chi connectivity index (χ3n) is 4.13. The molecular formula is C20H30N2O2. The van der Waals surface area contributed by atoms with Crippen LogP contribution in [-0.4, -0.2) is 29.6 Å². The quantitative estimate of drug-likeness (QED) is 0.810. The fourth-order valence-electron chi connectivity index (χ4n) is 3.60. The highest BCUT2D eigenvalue weighted by Crippen LogP contribution is 2.28. The zero-order valence-electron chi connectivity index (χ0n) is 15.5. The molecule has 1 amide bonds. The van der Waals surface area contributed by atoms with E-state index in [1.54, 1.807) is 12.1 Å². The predicted octanol–water partition coefficient (Wildman–Crippen LogP) is 3.68. The number of piperidine rings is 1. The van der Waals surface area contributed by atoms with Crippen LogP contribution in [0, 0.1) is 0 Å². The highest BCUT2D eigenvalue weighted by Gasteiger charge is 2.38. The van der Waals surface area contributed by atoms with Gasteiger partial charge in [-0.1, -0.05) is 6.58 Å². The summed E-state index contributed by atoms with van der Waals surface area (Å²) in [7, 11) is 0. The molecule has 1 aliphatic rings. The molecule has 0 spiro atoms. The smallest absolute Gasteiger partial charge is 0.251 e. The summed E-state index contributed by atoms with van der Waals surface area (Å²) >= 11 is 0. The molecule has 2 rings (SSSR count). The molecule has 4 heteroatoms. The van der Waals surface area contributed by atoms with Gasteiger partial charge in [0.15, 0.2) is 0 Å². The van der Waals surface area contributed by atoms with Gasteiger partial charge in [0.25, 0.3) is 5.91 Å². The van der Waals surface area contributed by atoms with Crippen LogP contribution in [0.4, 0.5) is 0 Å². The molecule has 0 aromatic heterocycles. The lowest BCUT2D eigenvalue weighted by Gasteiger charge is -2.46. The van der Waals surface area contributed by atoms with E-state index in [4.69, 9.17) is 4.74 Å². The first-order chi connectivity index (χ1) is 11.1. The van der Waals surface area contributed by atoms with Crippen LogP contribution in [0.5, 0.6) is 5.75 Å². The Bertz CT molecular complexity index is 587. The van der Waals surface area contributed by atoms with Crippen LogP contribution < -0.4 is 15.4 Å².